The Morgan fingerprint density at radius 3 is 2.12 bits per heavy atom. The molecular formula is C23H21Cl2N3O4S. The molecule has 0 aliphatic carbocycles. The van der Waals surface area contributed by atoms with Crippen molar-refractivity contribution < 1.29 is 18.0 Å². The summed E-state index contributed by atoms with van der Waals surface area (Å²) < 4.78 is 27.8. The van der Waals surface area contributed by atoms with Gasteiger partial charge in [0, 0.05) is 18.3 Å². The van der Waals surface area contributed by atoms with E-state index in [1.807, 2.05) is 6.92 Å². The van der Waals surface area contributed by atoms with Crippen LogP contribution in [-0.2, 0) is 19.6 Å². The highest BCUT2D eigenvalue weighted by Crippen LogP contribution is 2.30. The largest absolute Gasteiger partial charge is 0.326 e. The Balaban J connectivity index is 1.93. The van der Waals surface area contributed by atoms with Crippen molar-refractivity contribution in [3.8, 4) is 0 Å². The van der Waals surface area contributed by atoms with Crippen LogP contribution in [0.3, 0.4) is 0 Å². The molecule has 0 aliphatic heterocycles. The van der Waals surface area contributed by atoms with E-state index in [1.54, 1.807) is 36.4 Å². The van der Waals surface area contributed by atoms with Crippen LogP contribution >= 0.6 is 23.2 Å². The molecule has 3 aromatic carbocycles. The highest BCUT2D eigenvalue weighted by atomic mass is 35.5. The lowest BCUT2D eigenvalue weighted by Gasteiger charge is -2.24. The summed E-state index contributed by atoms with van der Waals surface area (Å²) in [4.78, 5) is 24.2. The Morgan fingerprint density at radius 2 is 1.52 bits per heavy atom. The average Bonchev–Trinajstić information content (AvgIpc) is 2.74. The van der Waals surface area contributed by atoms with Gasteiger partial charge in [0.05, 0.1) is 20.6 Å². The second-order valence-corrected chi connectivity index (χ2v) is 9.91. The number of carbonyl (C=O) groups is 2. The highest BCUT2D eigenvalue weighted by Gasteiger charge is 2.27. The van der Waals surface area contributed by atoms with Crippen LogP contribution in [0.15, 0.2) is 71.6 Å². The zero-order valence-corrected chi connectivity index (χ0v) is 20.1. The van der Waals surface area contributed by atoms with Gasteiger partial charge in [-0.2, -0.15) is 0 Å². The Labute approximate surface area is 202 Å². The van der Waals surface area contributed by atoms with Crippen molar-refractivity contribution in [2.24, 2.45) is 0 Å². The SMILES string of the molecule is CC(=O)Nc1cccc(NC(=O)CN(c2ccc(Cl)c(Cl)c2)S(=O)(=O)c2ccc(C)cc2)c1. The zero-order valence-electron chi connectivity index (χ0n) is 17.8. The molecule has 7 nitrogen and oxygen atoms in total. The quantitative estimate of drug-likeness (QED) is 0.467. The molecule has 0 aromatic heterocycles. The monoisotopic (exact) mass is 505 g/mol. The van der Waals surface area contributed by atoms with E-state index in [0.29, 0.717) is 11.4 Å². The van der Waals surface area contributed by atoms with E-state index < -0.39 is 22.5 Å². The third kappa shape index (κ3) is 6.25. The fraction of sp³-hybridized carbons (Fsp3) is 0.130. The Morgan fingerprint density at radius 1 is 0.879 bits per heavy atom. The standard InChI is InChI=1S/C23H21Cl2N3O4S/c1-15-6-9-20(10-7-15)33(31,32)28(19-8-11-21(24)22(25)13-19)14-23(30)27-18-5-3-4-17(12-18)26-16(2)29/h3-13H,14H2,1-2H3,(H,26,29)(H,27,30). The minimum atomic E-state index is -4.10. The van der Waals surface area contributed by atoms with E-state index >= 15 is 0 Å². The van der Waals surface area contributed by atoms with Crippen molar-refractivity contribution in [3.05, 3.63) is 82.3 Å². The molecule has 0 spiro atoms. The number of anilines is 3. The first kappa shape index (κ1) is 24.6. The number of nitrogens with one attached hydrogen (secondary N) is 2. The van der Waals surface area contributed by atoms with Crippen LogP contribution in [0.2, 0.25) is 10.0 Å². The number of rotatable bonds is 7. The lowest BCUT2D eigenvalue weighted by molar-refractivity contribution is -0.115. The molecule has 0 saturated carbocycles. The van der Waals surface area contributed by atoms with Gasteiger partial charge in [-0.15, -0.1) is 0 Å². The molecular weight excluding hydrogens is 485 g/mol. The summed E-state index contributed by atoms with van der Waals surface area (Å²) >= 11 is 12.1. The second kappa shape index (κ2) is 10.2. The molecule has 2 amide bonds. The molecule has 0 unspecified atom stereocenters. The highest BCUT2D eigenvalue weighted by molar-refractivity contribution is 7.92. The first-order valence-electron chi connectivity index (χ1n) is 9.78. The lowest BCUT2D eigenvalue weighted by Crippen LogP contribution is -2.38. The van der Waals surface area contributed by atoms with Gasteiger partial charge in [0.2, 0.25) is 11.8 Å². The number of carbonyl (C=O) groups excluding carboxylic acids is 2. The van der Waals surface area contributed by atoms with E-state index in [0.717, 1.165) is 9.87 Å². The molecule has 0 saturated heterocycles. The van der Waals surface area contributed by atoms with E-state index in [2.05, 4.69) is 10.6 Å². The first-order chi connectivity index (χ1) is 15.6. The van der Waals surface area contributed by atoms with Crippen molar-refractivity contribution in [2.75, 3.05) is 21.5 Å². The summed E-state index contributed by atoms with van der Waals surface area (Å²) in [6, 6.07) is 17.1. The molecule has 172 valence electrons. The molecule has 0 bridgehead atoms. The number of hydrogen-bond donors (Lipinski definition) is 2. The number of hydrogen-bond acceptors (Lipinski definition) is 4. The van der Waals surface area contributed by atoms with Crippen molar-refractivity contribution in [1.82, 2.24) is 0 Å². The van der Waals surface area contributed by atoms with E-state index in [1.165, 1.54) is 37.3 Å². The number of amides is 2. The van der Waals surface area contributed by atoms with Gasteiger partial charge >= 0.3 is 0 Å². The maximum absolute atomic E-state index is 13.4. The van der Waals surface area contributed by atoms with Gasteiger partial charge in [-0.25, -0.2) is 8.42 Å². The number of sulfonamides is 1. The van der Waals surface area contributed by atoms with Gasteiger partial charge in [-0.05, 0) is 55.5 Å². The molecule has 0 atom stereocenters. The second-order valence-electron chi connectivity index (χ2n) is 7.23. The van der Waals surface area contributed by atoms with Crippen molar-refractivity contribution in [2.45, 2.75) is 18.7 Å². The van der Waals surface area contributed by atoms with Gasteiger partial charge in [0.1, 0.15) is 6.54 Å². The molecule has 33 heavy (non-hydrogen) atoms. The molecule has 10 heteroatoms. The Hall–Kier alpha value is -3.07. The van der Waals surface area contributed by atoms with Gasteiger partial charge in [0.15, 0.2) is 0 Å². The maximum Gasteiger partial charge on any atom is 0.264 e. The molecule has 0 radical (unpaired) electrons. The number of aryl methyl sites for hydroxylation is 1. The summed E-state index contributed by atoms with van der Waals surface area (Å²) in [5.41, 5.74) is 1.97. The molecule has 0 aliphatic rings. The Kier molecular flexibility index (Phi) is 7.63. The van der Waals surface area contributed by atoms with Gasteiger partial charge in [-0.1, -0.05) is 47.0 Å². The van der Waals surface area contributed by atoms with Crippen LogP contribution in [0.25, 0.3) is 0 Å². The normalized spacial score (nSPS) is 11.0. The molecule has 2 N–H and O–H groups in total. The molecule has 3 rings (SSSR count). The minimum absolute atomic E-state index is 0.0274. The average molecular weight is 506 g/mol. The van der Waals surface area contributed by atoms with Gasteiger partial charge < -0.3 is 10.6 Å². The maximum atomic E-state index is 13.4. The number of nitrogens with zero attached hydrogens (tertiary/aromatic N) is 1. The van der Waals surface area contributed by atoms with E-state index in [4.69, 9.17) is 23.2 Å². The summed E-state index contributed by atoms with van der Waals surface area (Å²) in [5, 5.41) is 5.69. The zero-order chi connectivity index (χ0) is 24.2. The predicted molar refractivity (Wildman–Crippen MR) is 132 cm³/mol. The predicted octanol–water partition coefficient (Wildman–Crippen LogP) is 5.09. The number of halogens is 2. The summed E-state index contributed by atoms with van der Waals surface area (Å²) in [7, 11) is -4.10. The van der Waals surface area contributed by atoms with Crippen LogP contribution in [0.5, 0.6) is 0 Å². The van der Waals surface area contributed by atoms with Crippen molar-refractivity contribution in [3.63, 3.8) is 0 Å². The van der Waals surface area contributed by atoms with E-state index in [9.17, 15) is 18.0 Å². The third-order valence-corrected chi connectivity index (χ3v) is 7.08. The fourth-order valence-electron chi connectivity index (χ4n) is 3.00. The Bertz CT molecular complexity index is 1300. The van der Waals surface area contributed by atoms with Crippen LogP contribution in [0.1, 0.15) is 12.5 Å². The van der Waals surface area contributed by atoms with E-state index in [-0.39, 0.29) is 26.5 Å². The van der Waals surface area contributed by atoms with Crippen LogP contribution in [0.4, 0.5) is 17.1 Å². The van der Waals surface area contributed by atoms with Crippen LogP contribution < -0.4 is 14.9 Å². The summed E-state index contributed by atoms with van der Waals surface area (Å²) in [6.07, 6.45) is 0. The molecule has 0 heterocycles. The van der Waals surface area contributed by atoms with Gasteiger partial charge in [-0.3, -0.25) is 13.9 Å². The van der Waals surface area contributed by atoms with Crippen LogP contribution in [0, 0.1) is 6.92 Å². The number of benzene rings is 3. The molecule has 3 aromatic rings. The van der Waals surface area contributed by atoms with Gasteiger partial charge in [0.25, 0.3) is 10.0 Å². The van der Waals surface area contributed by atoms with Crippen molar-refractivity contribution in [1.29, 1.82) is 0 Å². The van der Waals surface area contributed by atoms with Crippen LogP contribution in [-0.4, -0.2) is 26.8 Å². The smallest absolute Gasteiger partial charge is 0.264 e. The summed E-state index contributed by atoms with van der Waals surface area (Å²) in [6.45, 7) is 2.70. The first-order valence-corrected chi connectivity index (χ1v) is 12.0. The summed E-state index contributed by atoms with van der Waals surface area (Å²) in [5.74, 6) is -0.842. The lowest BCUT2D eigenvalue weighted by atomic mass is 10.2. The fourth-order valence-corrected chi connectivity index (χ4v) is 4.71. The molecule has 0 fully saturated rings. The minimum Gasteiger partial charge on any atom is -0.326 e. The topological polar surface area (TPSA) is 95.6 Å². The third-order valence-electron chi connectivity index (χ3n) is 4.55. The van der Waals surface area contributed by atoms with Crippen molar-refractivity contribution >= 4 is 62.1 Å².